The minimum atomic E-state index is -3.05. The highest BCUT2D eigenvalue weighted by Crippen LogP contribution is 2.17. The molecule has 156 valence electrons. The van der Waals surface area contributed by atoms with E-state index in [-0.39, 0.29) is 35.4 Å². The van der Waals surface area contributed by atoms with Gasteiger partial charge in [0, 0.05) is 12.1 Å². The topological polar surface area (TPSA) is 104 Å². The lowest BCUT2D eigenvalue weighted by atomic mass is 9.96. The van der Waals surface area contributed by atoms with Crippen LogP contribution in [0.4, 0.5) is 4.79 Å². The van der Waals surface area contributed by atoms with Crippen molar-refractivity contribution in [3.8, 4) is 0 Å². The highest BCUT2D eigenvalue weighted by atomic mass is 32.2. The molecule has 0 aromatic carbocycles. The molecule has 2 fully saturated rings. The van der Waals surface area contributed by atoms with Gasteiger partial charge in [0.15, 0.2) is 9.84 Å². The van der Waals surface area contributed by atoms with Crippen LogP contribution >= 0.6 is 0 Å². The van der Waals surface area contributed by atoms with Gasteiger partial charge in [-0.05, 0) is 31.6 Å². The summed E-state index contributed by atoms with van der Waals surface area (Å²) in [4.78, 5) is 25.1. The molecule has 0 aromatic rings. The van der Waals surface area contributed by atoms with Crippen LogP contribution in [-0.4, -0.2) is 50.0 Å². The molecule has 1 saturated carbocycles. The van der Waals surface area contributed by atoms with Crippen LogP contribution in [0.1, 0.15) is 71.6 Å². The zero-order chi connectivity index (χ0) is 19.9. The Morgan fingerprint density at radius 3 is 2.11 bits per heavy atom. The molecule has 0 spiro atoms. The summed E-state index contributed by atoms with van der Waals surface area (Å²) in [6.07, 6.45) is 8.93. The number of urea groups is 1. The molecule has 27 heavy (non-hydrogen) atoms. The van der Waals surface area contributed by atoms with Gasteiger partial charge in [0.1, 0.15) is 6.04 Å². The molecule has 1 aliphatic carbocycles. The molecule has 1 saturated heterocycles. The number of hydrogen-bond acceptors (Lipinski definition) is 4. The van der Waals surface area contributed by atoms with Crippen molar-refractivity contribution < 1.29 is 18.0 Å². The van der Waals surface area contributed by atoms with Gasteiger partial charge in [-0.3, -0.25) is 4.79 Å². The molecule has 8 heteroatoms. The SMILES string of the molecule is CC(C)C[C@H](NC(=O)N[C@H]1CCS(=O)(=O)C1)C(=O)NC1CCCCCCC1. The molecule has 1 heterocycles. The van der Waals surface area contributed by atoms with E-state index in [1.807, 2.05) is 13.8 Å². The van der Waals surface area contributed by atoms with Crippen LogP contribution in [0.3, 0.4) is 0 Å². The largest absolute Gasteiger partial charge is 0.352 e. The first-order valence-electron chi connectivity index (χ1n) is 10.3. The Labute approximate surface area is 163 Å². The fourth-order valence-corrected chi connectivity index (χ4v) is 5.57. The van der Waals surface area contributed by atoms with Gasteiger partial charge in [-0.15, -0.1) is 0 Å². The van der Waals surface area contributed by atoms with Gasteiger partial charge in [0.2, 0.25) is 5.91 Å². The summed E-state index contributed by atoms with van der Waals surface area (Å²) >= 11 is 0. The lowest BCUT2D eigenvalue weighted by Crippen LogP contribution is -2.54. The monoisotopic (exact) mass is 401 g/mol. The molecule has 0 unspecified atom stereocenters. The van der Waals surface area contributed by atoms with Crippen LogP contribution in [0.2, 0.25) is 0 Å². The van der Waals surface area contributed by atoms with Gasteiger partial charge in [0.05, 0.1) is 11.5 Å². The number of rotatable bonds is 6. The molecule has 1 aliphatic heterocycles. The average Bonchev–Trinajstić information content (AvgIpc) is 2.87. The summed E-state index contributed by atoms with van der Waals surface area (Å²) in [7, 11) is -3.05. The molecular formula is C19H35N3O4S. The first-order chi connectivity index (χ1) is 12.7. The van der Waals surface area contributed by atoms with Gasteiger partial charge in [0.25, 0.3) is 0 Å². The maximum absolute atomic E-state index is 12.8. The number of nitrogens with one attached hydrogen (secondary N) is 3. The van der Waals surface area contributed by atoms with Crippen molar-refractivity contribution in [2.45, 2.75) is 89.8 Å². The predicted octanol–water partition coefficient (Wildman–Crippen LogP) is 2.12. The van der Waals surface area contributed by atoms with Gasteiger partial charge < -0.3 is 16.0 Å². The summed E-state index contributed by atoms with van der Waals surface area (Å²) in [5, 5.41) is 8.60. The molecule has 7 nitrogen and oxygen atoms in total. The molecule has 3 N–H and O–H groups in total. The van der Waals surface area contributed by atoms with Crippen molar-refractivity contribution in [3.05, 3.63) is 0 Å². The highest BCUT2D eigenvalue weighted by molar-refractivity contribution is 7.91. The van der Waals surface area contributed by atoms with E-state index in [0.29, 0.717) is 12.8 Å². The van der Waals surface area contributed by atoms with Crippen LogP contribution in [0, 0.1) is 5.92 Å². The summed E-state index contributed by atoms with van der Waals surface area (Å²) in [6.45, 7) is 4.03. The van der Waals surface area contributed by atoms with Crippen molar-refractivity contribution in [2.24, 2.45) is 5.92 Å². The van der Waals surface area contributed by atoms with Crippen LogP contribution in [0.15, 0.2) is 0 Å². The number of hydrogen-bond donors (Lipinski definition) is 3. The van der Waals surface area contributed by atoms with E-state index in [9.17, 15) is 18.0 Å². The maximum atomic E-state index is 12.8. The minimum absolute atomic E-state index is 0.0243. The van der Waals surface area contributed by atoms with E-state index in [4.69, 9.17) is 0 Å². The molecule has 0 bridgehead atoms. The molecule has 0 radical (unpaired) electrons. The zero-order valence-corrected chi connectivity index (χ0v) is 17.4. The Bertz CT molecular complexity index is 598. The van der Waals surface area contributed by atoms with E-state index in [1.165, 1.54) is 19.3 Å². The predicted molar refractivity (Wildman–Crippen MR) is 106 cm³/mol. The van der Waals surface area contributed by atoms with Crippen LogP contribution in [-0.2, 0) is 14.6 Å². The van der Waals surface area contributed by atoms with Gasteiger partial charge in [-0.1, -0.05) is 46.0 Å². The lowest BCUT2D eigenvalue weighted by Gasteiger charge is -2.26. The zero-order valence-electron chi connectivity index (χ0n) is 16.6. The minimum Gasteiger partial charge on any atom is -0.352 e. The van der Waals surface area contributed by atoms with Gasteiger partial charge in [-0.2, -0.15) is 0 Å². The number of carbonyl (C=O) groups excluding carboxylic acids is 2. The smallest absolute Gasteiger partial charge is 0.315 e. The second-order valence-corrected chi connectivity index (χ2v) is 10.7. The normalized spacial score (nSPS) is 24.6. The van der Waals surface area contributed by atoms with E-state index in [0.717, 1.165) is 25.7 Å². The van der Waals surface area contributed by atoms with E-state index in [1.54, 1.807) is 0 Å². The standard InChI is InChI=1S/C19H35N3O4S/c1-14(2)12-17(18(23)20-15-8-6-4-3-5-7-9-15)22-19(24)21-16-10-11-27(25,26)13-16/h14-17H,3-13H2,1-2H3,(H,20,23)(H2,21,22,24)/t16-,17-/m0/s1. The number of carbonyl (C=O) groups is 2. The quantitative estimate of drug-likeness (QED) is 0.634. The van der Waals surface area contributed by atoms with Crippen molar-refractivity contribution in [1.29, 1.82) is 0 Å². The molecule has 2 aliphatic rings. The Morgan fingerprint density at radius 2 is 1.56 bits per heavy atom. The molecule has 3 amide bonds. The average molecular weight is 402 g/mol. The Balaban J connectivity index is 1.88. The van der Waals surface area contributed by atoms with E-state index in [2.05, 4.69) is 16.0 Å². The third-order valence-electron chi connectivity index (χ3n) is 5.35. The molecule has 2 rings (SSSR count). The lowest BCUT2D eigenvalue weighted by molar-refractivity contribution is -0.124. The molecular weight excluding hydrogens is 366 g/mol. The Morgan fingerprint density at radius 1 is 0.926 bits per heavy atom. The first kappa shape index (κ1) is 22.0. The van der Waals surface area contributed by atoms with E-state index < -0.39 is 21.9 Å². The van der Waals surface area contributed by atoms with Crippen molar-refractivity contribution in [2.75, 3.05) is 11.5 Å². The molecule has 0 aromatic heterocycles. The summed E-state index contributed by atoms with van der Waals surface area (Å²) in [6, 6.07) is -1.26. The number of sulfone groups is 1. The van der Waals surface area contributed by atoms with Gasteiger partial charge >= 0.3 is 6.03 Å². The van der Waals surface area contributed by atoms with Gasteiger partial charge in [-0.25, -0.2) is 13.2 Å². The molecule has 2 atom stereocenters. The summed E-state index contributed by atoms with van der Waals surface area (Å²) < 4.78 is 23.1. The summed E-state index contributed by atoms with van der Waals surface area (Å²) in [5.74, 6) is 0.202. The van der Waals surface area contributed by atoms with Crippen LogP contribution < -0.4 is 16.0 Å². The highest BCUT2D eigenvalue weighted by Gasteiger charge is 2.30. The Hall–Kier alpha value is -1.31. The fourth-order valence-electron chi connectivity index (χ4n) is 3.90. The third kappa shape index (κ3) is 8.07. The maximum Gasteiger partial charge on any atom is 0.315 e. The second kappa shape index (κ2) is 10.3. The van der Waals surface area contributed by atoms with Crippen molar-refractivity contribution in [1.82, 2.24) is 16.0 Å². The summed E-state index contributed by atoms with van der Waals surface area (Å²) in [5.41, 5.74) is 0. The van der Waals surface area contributed by atoms with E-state index >= 15 is 0 Å². The number of amides is 3. The second-order valence-electron chi connectivity index (χ2n) is 8.45. The fraction of sp³-hybridized carbons (Fsp3) is 0.895. The van der Waals surface area contributed by atoms with Crippen molar-refractivity contribution >= 4 is 21.8 Å². The van der Waals surface area contributed by atoms with Crippen molar-refractivity contribution in [3.63, 3.8) is 0 Å². The Kier molecular flexibility index (Phi) is 8.38. The van der Waals surface area contributed by atoms with Crippen LogP contribution in [0.5, 0.6) is 0 Å². The van der Waals surface area contributed by atoms with Crippen LogP contribution in [0.25, 0.3) is 0 Å². The first-order valence-corrected chi connectivity index (χ1v) is 12.1. The third-order valence-corrected chi connectivity index (χ3v) is 7.12.